The van der Waals surface area contributed by atoms with E-state index in [0.717, 1.165) is 26.1 Å². The molecule has 134 valence electrons. The van der Waals surface area contributed by atoms with Crippen LogP contribution in [0.4, 0.5) is 0 Å². The van der Waals surface area contributed by atoms with Crippen LogP contribution >= 0.6 is 0 Å². The largest absolute Gasteiger partial charge is 0.367 e. The van der Waals surface area contributed by atoms with Gasteiger partial charge in [-0.2, -0.15) is 0 Å². The molecule has 0 fully saturated rings. The van der Waals surface area contributed by atoms with Crippen LogP contribution in [0.3, 0.4) is 0 Å². The van der Waals surface area contributed by atoms with Crippen LogP contribution in [0.15, 0.2) is 67.0 Å². The van der Waals surface area contributed by atoms with Crippen LogP contribution in [0.5, 0.6) is 0 Å². The van der Waals surface area contributed by atoms with Gasteiger partial charge in [0.25, 0.3) is 0 Å². The summed E-state index contributed by atoms with van der Waals surface area (Å²) >= 11 is 0. The predicted octanol–water partition coefficient (Wildman–Crippen LogP) is 3.58. The normalized spacial score (nSPS) is 14.5. The summed E-state index contributed by atoms with van der Waals surface area (Å²) < 4.78 is 8.49. The lowest BCUT2D eigenvalue weighted by Gasteiger charge is -2.27. The minimum atomic E-state index is -0.0207. The standard InChI is InChI=1S/C22H25N3O/c1-24-17-23-20-16-25(13-12-21(20)24)14-15-26-22(18-8-4-2-5-9-18)19-10-6-3-7-11-19/h2-11,17,22H,12-16H2,1H3. The molecular weight excluding hydrogens is 322 g/mol. The lowest BCUT2D eigenvalue weighted by Crippen LogP contribution is -2.34. The smallest absolute Gasteiger partial charge is 0.108 e. The number of nitrogens with zero attached hydrogens (tertiary/aromatic N) is 3. The van der Waals surface area contributed by atoms with Gasteiger partial charge in [0.15, 0.2) is 0 Å². The van der Waals surface area contributed by atoms with Gasteiger partial charge in [0, 0.05) is 38.8 Å². The number of aryl methyl sites for hydroxylation is 1. The Balaban J connectivity index is 1.40. The van der Waals surface area contributed by atoms with E-state index in [1.54, 1.807) is 0 Å². The van der Waals surface area contributed by atoms with Crippen LogP contribution in [0.2, 0.25) is 0 Å². The van der Waals surface area contributed by atoms with Crippen molar-refractivity contribution < 1.29 is 4.74 Å². The Morgan fingerprint density at radius 2 is 1.65 bits per heavy atom. The van der Waals surface area contributed by atoms with Crippen molar-refractivity contribution in [1.82, 2.24) is 14.5 Å². The third-order valence-electron chi connectivity index (χ3n) is 5.08. The first-order chi connectivity index (χ1) is 12.8. The van der Waals surface area contributed by atoms with Crippen LogP contribution in [0, 0.1) is 0 Å². The number of hydrogen-bond acceptors (Lipinski definition) is 3. The fourth-order valence-electron chi connectivity index (χ4n) is 3.64. The highest BCUT2D eigenvalue weighted by Crippen LogP contribution is 2.26. The highest BCUT2D eigenvalue weighted by Gasteiger charge is 2.20. The SMILES string of the molecule is Cn1cnc2c1CCN(CCOC(c1ccccc1)c1ccccc1)C2. The van der Waals surface area contributed by atoms with Crippen LogP contribution in [-0.4, -0.2) is 34.1 Å². The molecule has 0 aliphatic carbocycles. The quantitative estimate of drug-likeness (QED) is 0.683. The van der Waals surface area contributed by atoms with Crippen molar-refractivity contribution in [3.05, 3.63) is 89.5 Å². The van der Waals surface area contributed by atoms with Crippen molar-refractivity contribution in [1.29, 1.82) is 0 Å². The minimum Gasteiger partial charge on any atom is -0.367 e. The molecule has 0 atom stereocenters. The van der Waals surface area contributed by atoms with E-state index in [1.807, 2.05) is 18.5 Å². The Bertz CT molecular complexity index is 790. The monoisotopic (exact) mass is 347 g/mol. The van der Waals surface area contributed by atoms with Gasteiger partial charge in [-0.15, -0.1) is 0 Å². The van der Waals surface area contributed by atoms with Gasteiger partial charge in [0.05, 0.1) is 18.6 Å². The molecule has 4 heteroatoms. The molecular formula is C22H25N3O. The summed E-state index contributed by atoms with van der Waals surface area (Å²) in [5.74, 6) is 0. The zero-order chi connectivity index (χ0) is 17.8. The number of hydrogen-bond donors (Lipinski definition) is 0. The van der Waals surface area contributed by atoms with Crippen LogP contribution in [0.1, 0.15) is 28.6 Å². The molecule has 1 aromatic heterocycles. The lowest BCUT2D eigenvalue weighted by atomic mass is 10.0. The summed E-state index contributed by atoms with van der Waals surface area (Å²) in [5.41, 5.74) is 4.98. The number of benzene rings is 2. The number of imidazole rings is 1. The summed E-state index contributed by atoms with van der Waals surface area (Å²) in [5, 5.41) is 0. The molecule has 4 nitrogen and oxygen atoms in total. The molecule has 0 unspecified atom stereocenters. The van der Waals surface area contributed by atoms with Gasteiger partial charge in [-0.05, 0) is 11.1 Å². The van der Waals surface area contributed by atoms with Crippen molar-refractivity contribution in [2.45, 2.75) is 19.1 Å². The maximum atomic E-state index is 6.34. The van der Waals surface area contributed by atoms with Gasteiger partial charge in [-0.25, -0.2) is 4.98 Å². The van der Waals surface area contributed by atoms with Crippen molar-refractivity contribution in [2.75, 3.05) is 19.7 Å². The molecule has 0 saturated heterocycles. The van der Waals surface area contributed by atoms with E-state index >= 15 is 0 Å². The molecule has 26 heavy (non-hydrogen) atoms. The molecule has 4 rings (SSSR count). The van der Waals surface area contributed by atoms with Crippen molar-refractivity contribution in [3.63, 3.8) is 0 Å². The second-order valence-electron chi connectivity index (χ2n) is 6.85. The first-order valence-corrected chi connectivity index (χ1v) is 9.24. The average Bonchev–Trinajstić information content (AvgIpc) is 3.07. The molecule has 1 aliphatic rings. The third-order valence-corrected chi connectivity index (χ3v) is 5.08. The predicted molar refractivity (Wildman–Crippen MR) is 103 cm³/mol. The summed E-state index contributed by atoms with van der Waals surface area (Å²) in [6.07, 6.45) is 2.96. The van der Waals surface area contributed by atoms with E-state index in [1.165, 1.54) is 22.5 Å². The van der Waals surface area contributed by atoms with Crippen LogP contribution in [0.25, 0.3) is 0 Å². The van der Waals surface area contributed by atoms with Gasteiger partial charge >= 0.3 is 0 Å². The zero-order valence-corrected chi connectivity index (χ0v) is 15.2. The highest BCUT2D eigenvalue weighted by molar-refractivity contribution is 5.29. The molecule has 1 aliphatic heterocycles. The number of fused-ring (bicyclic) bond motifs is 1. The van der Waals surface area contributed by atoms with Crippen molar-refractivity contribution >= 4 is 0 Å². The van der Waals surface area contributed by atoms with Crippen LogP contribution in [-0.2, 0) is 24.8 Å². The lowest BCUT2D eigenvalue weighted by molar-refractivity contribution is 0.0566. The Hall–Kier alpha value is -2.43. The first-order valence-electron chi connectivity index (χ1n) is 9.24. The average molecular weight is 347 g/mol. The molecule has 2 heterocycles. The molecule has 0 amide bonds. The summed E-state index contributed by atoms with van der Waals surface area (Å²) in [7, 11) is 2.08. The Morgan fingerprint density at radius 1 is 1.00 bits per heavy atom. The van der Waals surface area contributed by atoms with Crippen molar-refractivity contribution in [3.8, 4) is 0 Å². The summed E-state index contributed by atoms with van der Waals surface area (Å²) in [6, 6.07) is 20.9. The zero-order valence-electron chi connectivity index (χ0n) is 15.2. The van der Waals surface area contributed by atoms with Gasteiger partial charge in [-0.1, -0.05) is 60.7 Å². The Kier molecular flexibility index (Phi) is 5.14. The van der Waals surface area contributed by atoms with Gasteiger partial charge in [0.1, 0.15) is 6.10 Å². The molecule has 0 N–H and O–H groups in total. The highest BCUT2D eigenvalue weighted by atomic mass is 16.5. The van der Waals surface area contributed by atoms with Gasteiger partial charge in [-0.3, -0.25) is 4.90 Å². The van der Waals surface area contributed by atoms with Gasteiger partial charge < -0.3 is 9.30 Å². The summed E-state index contributed by atoms with van der Waals surface area (Å²) in [4.78, 5) is 6.96. The second kappa shape index (κ2) is 7.85. The fourth-order valence-corrected chi connectivity index (χ4v) is 3.64. The topological polar surface area (TPSA) is 30.3 Å². The number of rotatable bonds is 6. The molecule has 0 bridgehead atoms. The number of aromatic nitrogens is 2. The molecule has 2 aromatic carbocycles. The van der Waals surface area contributed by atoms with E-state index in [-0.39, 0.29) is 6.10 Å². The molecule has 0 radical (unpaired) electrons. The first kappa shape index (κ1) is 17.0. The fraction of sp³-hybridized carbons (Fsp3) is 0.318. The summed E-state index contributed by atoms with van der Waals surface area (Å²) in [6.45, 7) is 3.61. The van der Waals surface area contributed by atoms with Crippen molar-refractivity contribution in [2.24, 2.45) is 7.05 Å². The molecule has 0 spiro atoms. The van der Waals surface area contributed by atoms with E-state index in [4.69, 9.17) is 4.74 Å². The van der Waals surface area contributed by atoms with E-state index < -0.39 is 0 Å². The van der Waals surface area contributed by atoms with E-state index in [2.05, 4.69) is 70.0 Å². The minimum absolute atomic E-state index is 0.0207. The second-order valence-corrected chi connectivity index (χ2v) is 6.85. The van der Waals surface area contributed by atoms with Crippen LogP contribution < -0.4 is 0 Å². The van der Waals surface area contributed by atoms with E-state index in [0.29, 0.717) is 6.61 Å². The third kappa shape index (κ3) is 3.71. The Morgan fingerprint density at radius 3 is 2.31 bits per heavy atom. The van der Waals surface area contributed by atoms with Gasteiger partial charge in [0.2, 0.25) is 0 Å². The number of ether oxygens (including phenoxy) is 1. The Labute approximate surface area is 155 Å². The van der Waals surface area contributed by atoms with E-state index in [9.17, 15) is 0 Å². The maximum absolute atomic E-state index is 6.34. The molecule has 3 aromatic rings. The maximum Gasteiger partial charge on any atom is 0.108 e. The molecule has 0 saturated carbocycles.